The molecule has 0 radical (unpaired) electrons. The molecular formula is C51H47ClN6O14S3. The second-order valence-corrected chi connectivity index (χ2v) is 22.8. The lowest BCUT2D eigenvalue weighted by molar-refractivity contribution is -0.139. The van der Waals surface area contributed by atoms with Crippen LogP contribution in [-0.2, 0) is 58.7 Å². The molecule has 9 aromatic rings. The van der Waals surface area contributed by atoms with Gasteiger partial charge in [-0.1, -0.05) is 103 Å². The minimum atomic E-state index is -3.88. The summed E-state index contributed by atoms with van der Waals surface area (Å²) < 4.78 is 81.8. The van der Waals surface area contributed by atoms with E-state index in [0.29, 0.717) is 28.6 Å². The molecular weight excluding hydrogens is 1050 g/mol. The van der Waals surface area contributed by atoms with Crippen LogP contribution in [0, 0.1) is 0 Å². The Labute approximate surface area is 433 Å². The number of halogens is 1. The van der Waals surface area contributed by atoms with Crippen LogP contribution in [0.5, 0.6) is 5.75 Å². The first-order chi connectivity index (χ1) is 35.5. The topological polar surface area (TPSA) is 284 Å². The molecule has 0 fully saturated rings. The Hall–Kier alpha value is -8.12. The minimum absolute atomic E-state index is 0.0788. The van der Waals surface area contributed by atoms with Gasteiger partial charge in [0.2, 0.25) is 0 Å². The fourth-order valence-electron chi connectivity index (χ4n) is 7.31. The predicted octanol–water partition coefficient (Wildman–Crippen LogP) is 5.05. The van der Waals surface area contributed by atoms with E-state index in [1.165, 1.54) is 26.0 Å². The number of hydrogen-bond acceptors (Lipinski definition) is 17. The molecule has 0 atom stereocenters. The van der Waals surface area contributed by atoms with Gasteiger partial charge in [0.05, 0.1) is 36.7 Å². The summed E-state index contributed by atoms with van der Waals surface area (Å²) in [7, 11) is -10.9. The first-order valence-electron chi connectivity index (χ1n) is 22.2. The average Bonchev–Trinajstić information content (AvgIpc) is 3.36. The molecule has 9 rings (SSSR count). The number of carbonyl (C=O) groups excluding carboxylic acids is 1. The highest BCUT2D eigenvalue weighted by atomic mass is 35.5. The van der Waals surface area contributed by atoms with Crippen molar-refractivity contribution in [1.29, 1.82) is 0 Å². The van der Waals surface area contributed by atoms with E-state index in [0.717, 1.165) is 35.5 Å². The van der Waals surface area contributed by atoms with Crippen molar-refractivity contribution in [3.05, 3.63) is 209 Å². The van der Waals surface area contributed by atoms with E-state index in [1.807, 2.05) is 91.0 Å². The molecule has 75 heavy (non-hydrogen) atoms. The summed E-state index contributed by atoms with van der Waals surface area (Å²) in [6, 6.07) is 37.5. The Morgan fingerprint density at radius 3 is 1.37 bits per heavy atom. The zero-order chi connectivity index (χ0) is 54.7. The third kappa shape index (κ3) is 14.3. The number of nitrogens with zero attached hydrogens (tertiary/aromatic N) is 6. The summed E-state index contributed by atoms with van der Waals surface area (Å²) >= 11 is 6.17. The summed E-state index contributed by atoms with van der Waals surface area (Å²) in [5.41, 5.74) is 1.48. The zero-order valence-electron chi connectivity index (χ0n) is 40.4. The van der Waals surface area contributed by atoms with Gasteiger partial charge in [0.1, 0.15) is 22.4 Å². The highest BCUT2D eigenvalue weighted by molar-refractivity contribution is 7.91. The number of benzene rings is 3. The van der Waals surface area contributed by atoms with E-state index in [9.17, 15) is 54.3 Å². The van der Waals surface area contributed by atoms with Crippen molar-refractivity contribution in [2.24, 2.45) is 0 Å². The van der Waals surface area contributed by atoms with Gasteiger partial charge in [-0.2, -0.15) is 0 Å². The van der Waals surface area contributed by atoms with Crippen molar-refractivity contribution in [3.63, 3.8) is 0 Å². The van der Waals surface area contributed by atoms with Crippen LogP contribution in [0.4, 0.5) is 0 Å². The number of aromatic nitrogens is 6. The van der Waals surface area contributed by atoms with Gasteiger partial charge in [-0.15, -0.1) is 0 Å². The maximum Gasteiger partial charge on any atom is 0.423 e. The Bertz CT molecular complexity index is 3970. The third-order valence-corrected chi connectivity index (χ3v) is 14.0. The molecule has 6 aromatic heterocycles. The molecule has 0 saturated heterocycles. The minimum Gasteiger partial charge on any atom is -0.506 e. The molecule has 0 unspecified atom stereocenters. The van der Waals surface area contributed by atoms with Crippen molar-refractivity contribution >= 4 is 80.2 Å². The lowest BCUT2D eigenvalue weighted by Gasteiger charge is -2.13. The number of esters is 1. The SMILES string of the molecule is CCOC(=O)CS(C)(=O)=O.CS(=O)(=O)c1c(Cl)c2cccnc2n(Cc2ccccc2)c1=O.CS(=O)(=O)c1c(O)c2cccnc2n(Cc2ccccc2)c1=O.O=c1oc(=O)n(Cc2ccccc2)c2ncccc12. The van der Waals surface area contributed by atoms with Gasteiger partial charge in [0, 0.05) is 42.7 Å². The van der Waals surface area contributed by atoms with Gasteiger partial charge in [-0.25, -0.2) is 49.8 Å². The van der Waals surface area contributed by atoms with Crippen molar-refractivity contribution in [1.82, 2.24) is 28.7 Å². The fraction of sp³-hybridized carbons (Fsp3) is 0.176. The molecule has 20 nitrogen and oxygen atoms in total. The van der Waals surface area contributed by atoms with Crippen molar-refractivity contribution < 1.29 is 44.3 Å². The highest BCUT2D eigenvalue weighted by Crippen LogP contribution is 2.29. The largest absolute Gasteiger partial charge is 0.506 e. The summed E-state index contributed by atoms with van der Waals surface area (Å²) in [5, 5.41) is 11.1. The lowest BCUT2D eigenvalue weighted by atomic mass is 10.2. The fourth-order valence-corrected chi connectivity index (χ4v) is 10.2. The summed E-state index contributed by atoms with van der Waals surface area (Å²) in [5.74, 6) is -2.46. The Morgan fingerprint density at radius 2 is 0.947 bits per heavy atom. The number of carbonyl (C=O) groups is 1. The first-order valence-corrected chi connectivity index (χ1v) is 28.4. The van der Waals surface area contributed by atoms with Gasteiger partial charge < -0.3 is 14.3 Å². The number of fused-ring (bicyclic) bond motifs is 3. The molecule has 6 heterocycles. The smallest absolute Gasteiger partial charge is 0.423 e. The van der Waals surface area contributed by atoms with E-state index < -0.39 is 79.3 Å². The number of rotatable bonds is 11. The van der Waals surface area contributed by atoms with Gasteiger partial charge >= 0.3 is 17.4 Å². The summed E-state index contributed by atoms with van der Waals surface area (Å²) in [4.78, 5) is 70.7. The second kappa shape index (κ2) is 24.3. The van der Waals surface area contributed by atoms with Crippen molar-refractivity contribution in [2.75, 3.05) is 31.1 Å². The van der Waals surface area contributed by atoms with Gasteiger partial charge in [0.25, 0.3) is 11.1 Å². The third-order valence-electron chi connectivity index (χ3n) is 10.5. The average molecular weight is 1100 g/mol. The number of aromatic hydroxyl groups is 1. The Morgan fingerprint density at radius 1 is 0.560 bits per heavy atom. The molecule has 0 saturated carbocycles. The molecule has 0 bridgehead atoms. The molecule has 1 N–H and O–H groups in total. The van der Waals surface area contributed by atoms with E-state index in [1.54, 1.807) is 49.6 Å². The molecule has 0 aliphatic heterocycles. The number of sulfone groups is 3. The Kier molecular flexibility index (Phi) is 18.2. The maximum absolute atomic E-state index is 12.7. The molecule has 3 aromatic carbocycles. The van der Waals surface area contributed by atoms with Crippen LogP contribution < -0.4 is 22.5 Å². The van der Waals surface area contributed by atoms with Crippen LogP contribution in [0.3, 0.4) is 0 Å². The molecule has 24 heteroatoms. The molecule has 0 spiro atoms. The van der Waals surface area contributed by atoms with Crippen LogP contribution in [0.15, 0.2) is 179 Å². The number of pyridine rings is 5. The summed E-state index contributed by atoms with van der Waals surface area (Å²) in [6.07, 6.45) is 7.44. The lowest BCUT2D eigenvalue weighted by Crippen LogP contribution is -2.27. The number of ether oxygens (including phenoxy) is 1. The zero-order valence-corrected chi connectivity index (χ0v) is 43.6. The monoisotopic (exact) mass is 1100 g/mol. The van der Waals surface area contributed by atoms with Crippen LogP contribution in [-0.4, -0.2) is 96.1 Å². The van der Waals surface area contributed by atoms with Crippen LogP contribution in [0.1, 0.15) is 23.6 Å². The van der Waals surface area contributed by atoms with Crippen LogP contribution >= 0.6 is 11.6 Å². The Balaban J connectivity index is 0.000000169. The predicted molar refractivity (Wildman–Crippen MR) is 282 cm³/mol. The summed E-state index contributed by atoms with van der Waals surface area (Å²) in [6.45, 7) is 2.54. The van der Waals surface area contributed by atoms with Crippen LogP contribution in [0.2, 0.25) is 5.02 Å². The van der Waals surface area contributed by atoms with Gasteiger partial charge in [0.15, 0.2) is 50.7 Å². The van der Waals surface area contributed by atoms with E-state index >= 15 is 0 Å². The second-order valence-electron chi connectivity index (χ2n) is 16.3. The van der Waals surface area contributed by atoms with Gasteiger partial charge in [-0.3, -0.25) is 28.1 Å². The first kappa shape index (κ1) is 56.2. The van der Waals surface area contributed by atoms with Crippen molar-refractivity contribution in [3.8, 4) is 5.75 Å². The quantitative estimate of drug-likeness (QED) is 0.166. The molecule has 0 amide bonds. The van der Waals surface area contributed by atoms with E-state index in [2.05, 4.69) is 19.7 Å². The van der Waals surface area contributed by atoms with Gasteiger partial charge in [-0.05, 0) is 60.0 Å². The molecule has 0 aliphatic rings. The standard InChI is InChI=1S/C16H13ClN2O3S.C16H14N2O4S.C14H10N2O3.C5H10O4S/c1-23(21,22)14-13(17)12-8-5-9-18-15(12)19(16(14)20)10-11-6-3-2-4-7-11;1-23(21,22)14-13(19)12-8-5-9-17-15(12)18(16(14)20)10-11-6-3-2-4-7-11;17-13-11-7-4-8-15-12(11)16(14(18)19-13)9-10-5-2-1-3-6-10;1-3-9-5(6)4-10(2,7)8/h2-9H,10H2,1H3;2-9,19H,10H2,1H3;1-8H,9H2;3-4H2,1-2H3. The van der Waals surface area contributed by atoms with Crippen molar-refractivity contribution in [2.45, 2.75) is 36.3 Å². The van der Waals surface area contributed by atoms with E-state index in [-0.39, 0.29) is 35.8 Å². The highest BCUT2D eigenvalue weighted by Gasteiger charge is 2.25. The van der Waals surface area contributed by atoms with Crippen LogP contribution in [0.25, 0.3) is 33.1 Å². The maximum atomic E-state index is 12.7. The molecule has 0 aliphatic carbocycles. The normalized spacial score (nSPS) is 11.4. The molecule has 390 valence electrons. The number of hydrogen-bond donors (Lipinski definition) is 1. The van der Waals surface area contributed by atoms with E-state index in [4.69, 9.17) is 16.0 Å².